The molecule has 0 radical (unpaired) electrons. The van der Waals surface area contributed by atoms with E-state index in [-0.39, 0.29) is 18.8 Å². The van der Waals surface area contributed by atoms with E-state index in [2.05, 4.69) is 0 Å². The molecule has 1 rings (SSSR count). The summed E-state index contributed by atoms with van der Waals surface area (Å²) in [6.07, 6.45) is 0.640. The molecule has 0 spiro atoms. The summed E-state index contributed by atoms with van der Waals surface area (Å²) in [6, 6.07) is 0. The molecule has 0 aromatic heterocycles. The maximum atomic E-state index is 12.6. The van der Waals surface area contributed by atoms with Gasteiger partial charge in [0.1, 0.15) is 0 Å². The second-order valence-corrected chi connectivity index (χ2v) is 4.25. The first-order valence-electron chi connectivity index (χ1n) is 3.42. The summed E-state index contributed by atoms with van der Waals surface area (Å²) in [5.74, 6) is -2.36. The summed E-state index contributed by atoms with van der Waals surface area (Å²) in [5.41, 5.74) is 0. The number of hydrogen-bond donors (Lipinski definition) is 0. The van der Waals surface area contributed by atoms with Crippen molar-refractivity contribution in [2.45, 2.75) is 25.2 Å². The molecule has 0 saturated heterocycles. The Morgan fingerprint density at radius 2 is 2.36 bits per heavy atom. The molecule has 11 heavy (non-hydrogen) atoms. The highest BCUT2D eigenvalue weighted by Crippen LogP contribution is 2.39. The Balaban J connectivity index is 2.20. The van der Waals surface area contributed by atoms with Gasteiger partial charge in [-0.3, -0.25) is 0 Å². The third-order valence-electron chi connectivity index (χ3n) is 1.85. The highest BCUT2D eigenvalue weighted by molar-refractivity contribution is 14.2. The average molecular weight is 294 g/mol. The van der Waals surface area contributed by atoms with Crippen LogP contribution in [-0.2, 0) is 4.18 Å². The molecule has 1 unspecified atom stereocenters. The van der Waals surface area contributed by atoms with Crippen molar-refractivity contribution in [3.63, 3.8) is 0 Å². The zero-order valence-corrected chi connectivity index (χ0v) is 8.83. The second-order valence-electron chi connectivity index (χ2n) is 2.81. The fourth-order valence-corrected chi connectivity index (χ4v) is 1.99. The molecule has 1 aliphatic rings. The van der Waals surface area contributed by atoms with Crippen LogP contribution in [0.3, 0.4) is 0 Å². The Kier molecular flexibility index (Phi) is 3.84. The molecule has 1 fully saturated rings. The molecular formula is C6H9F2IOS. The van der Waals surface area contributed by atoms with Crippen molar-refractivity contribution >= 4 is 30.4 Å². The van der Waals surface area contributed by atoms with Crippen LogP contribution in [0.2, 0.25) is 0 Å². The lowest BCUT2D eigenvalue weighted by Gasteiger charge is -2.08. The van der Waals surface area contributed by atoms with Crippen LogP contribution in [0.4, 0.5) is 8.78 Å². The van der Waals surface area contributed by atoms with Crippen molar-refractivity contribution in [3.05, 3.63) is 0 Å². The molecule has 1 nitrogen and oxygen atoms in total. The van der Waals surface area contributed by atoms with Crippen LogP contribution in [0, 0.1) is 5.92 Å². The predicted molar refractivity (Wildman–Crippen MR) is 49.9 cm³/mol. The van der Waals surface area contributed by atoms with Crippen molar-refractivity contribution < 1.29 is 13.0 Å². The molecule has 0 bridgehead atoms. The molecule has 0 aromatic rings. The number of rotatable bonds is 3. The van der Waals surface area contributed by atoms with E-state index in [9.17, 15) is 8.78 Å². The smallest absolute Gasteiger partial charge is 0.248 e. The fourth-order valence-electron chi connectivity index (χ4n) is 1.31. The largest absolute Gasteiger partial charge is 0.305 e. The summed E-state index contributed by atoms with van der Waals surface area (Å²) >= 11 is 1.99. The topological polar surface area (TPSA) is 9.23 Å². The van der Waals surface area contributed by atoms with E-state index >= 15 is 0 Å². The van der Waals surface area contributed by atoms with Crippen LogP contribution in [-0.4, -0.2) is 12.5 Å². The molecule has 0 amide bonds. The van der Waals surface area contributed by atoms with E-state index in [4.69, 9.17) is 4.18 Å². The van der Waals surface area contributed by atoms with Gasteiger partial charge >= 0.3 is 0 Å². The summed E-state index contributed by atoms with van der Waals surface area (Å²) in [6.45, 7) is 0.462. The molecule has 0 N–H and O–H groups in total. The van der Waals surface area contributed by atoms with Gasteiger partial charge in [0.2, 0.25) is 5.92 Å². The Labute approximate surface area is 81.0 Å². The average Bonchev–Trinajstić information content (AvgIpc) is 2.26. The van der Waals surface area contributed by atoms with Crippen LogP contribution in [0.5, 0.6) is 0 Å². The minimum atomic E-state index is -2.43. The Morgan fingerprint density at radius 1 is 1.64 bits per heavy atom. The normalized spacial score (nSPS) is 29.2. The summed E-state index contributed by atoms with van der Waals surface area (Å²) < 4.78 is 30.1. The van der Waals surface area contributed by atoms with E-state index in [1.54, 1.807) is 0 Å². The highest BCUT2D eigenvalue weighted by atomic mass is 127. The Bertz CT molecular complexity index is 134. The Hall–Kier alpha value is 0.900. The third kappa shape index (κ3) is 3.42. The Morgan fingerprint density at radius 3 is 2.82 bits per heavy atom. The summed E-state index contributed by atoms with van der Waals surface area (Å²) in [4.78, 5) is 0. The van der Waals surface area contributed by atoms with Crippen molar-refractivity contribution in [2.24, 2.45) is 5.92 Å². The molecule has 0 heterocycles. The van der Waals surface area contributed by atoms with E-state index in [0.717, 1.165) is 0 Å². The first kappa shape index (κ1) is 9.98. The zero-order chi connectivity index (χ0) is 8.32. The van der Waals surface area contributed by atoms with Gasteiger partial charge in [-0.1, -0.05) is 0 Å². The molecule has 5 heteroatoms. The van der Waals surface area contributed by atoms with E-state index in [0.29, 0.717) is 13.0 Å². The molecule has 1 atom stereocenters. The van der Waals surface area contributed by atoms with Crippen molar-refractivity contribution in [1.82, 2.24) is 0 Å². The molecule has 0 aliphatic heterocycles. The lowest BCUT2D eigenvalue weighted by molar-refractivity contribution is 0.00333. The van der Waals surface area contributed by atoms with Gasteiger partial charge in [0.15, 0.2) is 0 Å². The van der Waals surface area contributed by atoms with Crippen molar-refractivity contribution in [3.8, 4) is 0 Å². The van der Waals surface area contributed by atoms with Gasteiger partial charge in [-0.2, -0.15) is 0 Å². The van der Waals surface area contributed by atoms with Gasteiger partial charge < -0.3 is 4.18 Å². The SMILES string of the molecule is FC1(F)CCC(COSI)C1. The predicted octanol–water partition coefficient (Wildman–Crippen LogP) is 3.44. The maximum Gasteiger partial charge on any atom is 0.248 e. The van der Waals surface area contributed by atoms with Crippen LogP contribution in [0.15, 0.2) is 0 Å². The minimum absolute atomic E-state index is 0.00417. The van der Waals surface area contributed by atoms with Crippen LogP contribution >= 0.6 is 30.4 Å². The summed E-state index contributed by atoms with van der Waals surface area (Å²) in [5, 5.41) is 0. The first-order chi connectivity index (χ1) is 5.14. The van der Waals surface area contributed by atoms with Gasteiger partial charge in [0.05, 0.1) is 15.8 Å². The highest BCUT2D eigenvalue weighted by Gasteiger charge is 2.39. The monoisotopic (exact) mass is 294 g/mol. The summed E-state index contributed by atoms with van der Waals surface area (Å²) in [7, 11) is 1.21. The van der Waals surface area contributed by atoms with Gasteiger partial charge in [-0.15, -0.1) is 0 Å². The minimum Gasteiger partial charge on any atom is -0.305 e. The van der Waals surface area contributed by atoms with E-state index in [1.807, 2.05) is 21.2 Å². The molecular weight excluding hydrogens is 285 g/mol. The second kappa shape index (κ2) is 4.23. The molecule has 66 valence electrons. The molecule has 1 saturated carbocycles. The van der Waals surface area contributed by atoms with Crippen LogP contribution in [0.1, 0.15) is 19.3 Å². The first-order valence-corrected chi connectivity index (χ1v) is 6.70. The molecule has 1 aliphatic carbocycles. The maximum absolute atomic E-state index is 12.6. The number of hydrogen-bond acceptors (Lipinski definition) is 2. The number of halogens is 3. The zero-order valence-electron chi connectivity index (χ0n) is 5.86. The molecule has 0 aromatic carbocycles. The third-order valence-corrected chi connectivity index (χ3v) is 2.84. The van der Waals surface area contributed by atoms with Gasteiger partial charge in [-0.25, -0.2) is 8.78 Å². The van der Waals surface area contributed by atoms with Gasteiger partial charge in [0.25, 0.3) is 0 Å². The van der Waals surface area contributed by atoms with E-state index in [1.165, 1.54) is 9.21 Å². The lowest BCUT2D eigenvalue weighted by Crippen LogP contribution is -2.11. The van der Waals surface area contributed by atoms with Crippen molar-refractivity contribution in [2.75, 3.05) is 6.61 Å². The fraction of sp³-hybridized carbons (Fsp3) is 1.00. The standard InChI is InChI=1S/C6H9F2IOS/c7-6(8)2-1-5(3-6)4-10-11-9/h5H,1-4H2. The quantitative estimate of drug-likeness (QED) is 0.582. The van der Waals surface area contributed by atoms with Crippen LogP contribution < -0.4 is 0 Å². The van der Waals surface area contributed by atoms with Crippen molar-refractivity contribution in [1.29, 1.82) is 0 Å². The van der Waals surface area contributed by atoms with Gasteiger partial charge in [-0.05, 0) is 12.3 Å². The van der Waals surface area contributed by atoms with E-state index < -0.39 is 5.92 Å². The van der Waals surface area contributed by atoms with Crippen LogP contribution in [0.25, 0.3) is 0 Å². The van der Waals surface area contributed by atoms with Gasteiger partial charge in [0, 0.05) is 34.0 Å². The number of alkyl halides is 2. The lowest BCUT2D eigenvalue weighted by atomic mass is 10.1.